The number of primary amides is 1. The van der Waals surface area contributed by atoms with E-state index in [-0.39, 0.29) is 24.0 Å². The van der Waals surface area contributed by atoms with E-state index in [9.17, 15) is 9.59 Å². The summed E-state index contributed by atoms with van der Waals surface area (Å²) in [6, 6.07) is 7.63. The lowest BCUT2D eigenvalue weighted by Crippen LogP contribution is -2.15. The second kappa shape index (κ2) is 9.23. The van der Waals surface area contributed by atoms with Crippen molar-refractivity contribution >= 4 is 35.0 Å². The summed E-state index contributed by atoms with van der Waals surface area (Å²) in [6.07, 6.45) is 0.674. The highest BCUT2D eigenvalue weighted by Crippen LogP contribution is 2.19. The summed E-state index contributed by atoms with van der Waals surface area (Å²) in [5.41, 5.74) is 7.00. The molecule has 8 nitrogen and oxygen atoms in total. The highest BCUT2D eigenvalue weighted by Gasteiger charge is 2.14. The Labute approximate surface area is 157 Å². The molecule has 0 unspecified atom stereocenters. The summed E-state index contributed by atoms with van der Waals surface area (Å²) in [5, 5.41) is 11.7. The maximum Gasteiger partial charge on any atom is 0.234 e. The van der Waals surface area contributed by atoms with Crippen molar-refractivity contribution in [2.45, 2.75) is 31.5 Å². The SMILES string of the molecule is CCn1c(CCC(N)=O)nnc1SCC(=O)Nc1ccc(N(C)C)cc1. The number of benzene rings is 1. The molecule has 0 aliphatic rings. The Morgan fingerprint density at radius 1 is 1.23 bits per heavy atom. The number of nitrogens with two attached hydrogens (primary N) is 1. The molecule has 0 radical (unpaired) electrons. The minimum atomic E-state index is -0.371. The van der Waals surface area contributed by atoms with E-state index in [2.05, 4.69) is 15.5 Å². The van der Waals surface area contributed by atoms with Gasteiger partial charge in [0.2, 0.25) is 11.8 Å². The molecule has 9 heteroatoms. The highest BCUT2D eigenvalue weighted by atomic mass is 32.2. The van der Waals surface area contributed by atoms with E-state index < -0.39 is 0 Å². The van der Waals surface area contributed by atoms with Crippen molar-refractivity contribution < 1.29 is 9.59 Å². The van der Waals surface area contributed by atoms with Crippen LogP contribution in [0.1, 0.15) is 19.2 Å². The minimum Gasteiger partial charge on any atom is -0.378 e. The number of hydrogen-bond acceptors (Lipinski definition) is 6. The molecule has 3 N–H and O–H groups in total. The van der Waals surface area contributed by atoms with Gasteiger partial charge >= 0.3 is 0 Å². The average Bonchev–Trinajstić information content (AvgIpc) is 3.00. The number of nitrogens with zero attached hydrogens (tertiary/aromatic N) is 4. The molecule has 0 fully saturated rings. The van der Waals surface area contributed by atoms with Crippen molar-refractivity contribution in [3.8, 4) is 0 Å². The third-order valence-corrected chi connectivity index (χ3v) is 4.67. The Balaban J connectivity index is 1.91. The third-order valence-electron chi connectivity index (χ3n) is 3.70. The first-order chi connectivity index (χ1) is 12.4. The van der Waals surface area contributed by atoms with E-state index in [0.717, 1.165) is 11.4 Å². The summed E-state index contributed by atoms with van der Waals surface area (Å²) in [6.45, 7) is 2.63. The van der Waals surface area contributed by atoms with E-state index in [0.29, 0.717) is 23.9 Å². The molecule has 0 aliphatic heterocycles. The molecule has 26 heavy (non-hydrogen) atoms. The average molecular weight is 376 g/mol. The van der Waals surface area contributed by atoms with Gasteiger partial charge in [0, 0.05) is 44.9 Å². The first-order valence-electron chi connectivity index (χ1n) is 8.31. The lowest BCUT2D eigenvalue weighted by molar-refractivity contribution is -0.118. The molecule has 0 spiro atoms. The van der Waals surface area contributed by atoms with Gasteiger partial charge in [0.25, 0.3) is 0 Å². The van der Waals surface area contributed by atoms with Crippen LogP contribution in [0.2, 0.25) is 0 Å². The van der Waals surface area contributed by atoms with E-state index in [1.807, 2.05) is 54.8 Å². The zero-order valence-corrected chi connectivity index (χ0v) is 16.0. The van der Waals surface area contributed by atoms with Gasteiger partial charge in [-0.3, -0.25) is 9.59 Å². The number of aromatic nitrogens is 3. The monoisotopic (exact) mass is 376 g/mol. The van der Waals surface area contributed by atoms with E-state index >= 15 is 0 Å². The van der Waals surface area contributed by atoms with Gasteiger partial charge in [-0.25, -0.2) is 0 Å². The van der Waals surface area contributed by atoms with Crippen LogP contribution in [0.25, 0.3) is 0 Å². The van der Waals surface area contributed by atoms with Crippen molar-refractivity contribution in [1.29, 1.82) is 0 Å². The molecule has 1 aromatic carbocycles. The van der Waals surface area contributed by atoms with Crippen LogP contribution < -0.4 is 16.0 Å². The molecule has 2 aromatic rings. The minimum absolute atomic E-state index is 0.114. The van der Waals surface area contributed by atoms with Gasteiger partial charge in [-0.15, -0.1) is 10.2 Å². The molecule has 1 heterocycles. The van der Waals surface area contributed by atoms with Crippen molar-refractivity contribution in [1.82, 2.24) is 14.8 Å². The Morgan fingerprint density at radius 2 is 1.92 bits per heavy atom. The third kappa shape index (κ3) is 5.48. The van der Waals surface area contributed by atoms with Crippen molar-refractivity contribution in [2.75, 3.05) is 30.1 Å². The second-order valence-electron chi connectivity index (χ2n) is 5.89. The summed E-state index contributed by atoms with van der Waals surface area (Å²) in [4.78, 5) is 25.1. The second-order valence-corrected chi connectivity index (χ2v) is 6.83. The molecule has 0 bridgehead atoms. The Bertz CT molecular complexity index is 757. The number of thioether (sulfide) groups is 1. The van der Waals surface area contributed by atoms with Crippen LogP contribution in [0.15, 0.2) is 29.4 Å². The van der Waals surface area contributed by atoms with E-state index in [4.69, 9.17) is 5.73 Å². The number of amides is 2. The number of nitrogens with one attached hydrogen (secondary N) is 1. The Hall–Kier alpha value is -2.55. The van der Waals surface area contributed by atoms with Crippen LogP contribution in [0.4, 0.5) is 11.4 Å². The quantitative estimate of drug-likeness (QED) is 0.643. The molecule has 0 atom stereocenters. The topological polar surface area (TPSA) is 106 Å². The molecule has 2 rings (SSSR count). The Morgan fingerprint density at radius 3 is 2.50 bits per heavy atom. The molecule has 2 amide bonds. The number of carbonyl (C=O) groups is 2. The van der Waals surface area contributed by atoms with Crippen LogP contribution in [-0.2, 0) is 22.6 Å². The highest BCUT2D eigenvalue weighted by molar-refractivity contribution is 7.99. The van der Waals surface area contributed by atoms with E-state index in [1.54, 1.807) is 0 Å². The predicted molar refractivity (Wildman–Crippen MR) is 103 cm³/mol. The first kappa shape index (κ1) is 19.8. The summed E-state index contributed by atoms with van der Waals surface area (Å²) < 4.78 is 1.90. The van der Waals surface area contributed by atoms with Crippen LogP contribution in [0.5, 0.6) is 0 Å². The summed E-state index contributed by atoms with van der Waals surface area (Å²) in [7, 11) is 3.93. The maximum atomic E-state index is 12.2. The first-order valence-corrected chi connectivity index (χ1v) is 9.29. The number of anilines is 2. The fourth-order valence-corrected chi connectivity index (χ4v) is 3.15. The van der Waals surface area contributed by atoms with Gasteiger partial charge in [0.05, 0.1) is 5.75 Å². The number of aryl methyl sites for hydroxylation is 1. The normalized spacial score (nSPS) is 10.6. The molecule has 0 saturated carbocycles. The van der Waals surface area contributed by atoms with Gasteiger partial charge in [-0.05, 0) is 31.2 Å². The fourth-order valence-electron chi connectivity index (χ4n) is 2.33. The summed E-state index contributed by atoms with van der Waals surface area (Å²) in [5.74, 6) is 0.443. The van der Waals surface area contributed by atoms with Gasteiger partial charge < -0.3 is 20.5 Å². The lowest BCUT2D eigenvalue weighted by Gasteiger charge is -2.13. The van der Waals surface area contributed by atoms with E-state index in [1.165, 1.54) is 11.8 Å². The predicted octanol–water partition coefficient (Wildman–Crippen LogP) is 1.51. The largest absolute Gasteiger partial charge is 0.378 e. The zero-order valence-electron chi connectivity index (χ0n) is 15.2. The molecular formula is C17H24N6O2S. The fraction of sp³-hybridized carbons (Fsp3) is 0.412. The van der Waals surface area contributed by atoms with Crippen LogP contribution >= 0.6 is 11.8 Å². The molecule has 140 valence electrons. The number of rotatable bonds is 9. The number of carbonyl (C=O) groups excluding carboxylic acids is 2. The van der Waals surface area contributed by atoms with Gasteiger partial charge in [0.15, 0.2) is 5.16 Å². The Kier molecular flexibility index (Phi) is 7.02. The van der Waals surface area contributed by atoms with Crippen LogP contribution in [-0.4, -0.2) is 46.4 Å². The van der Waals surface area contributed by atoms with Gasteiger partial charge in [-0.1, -0.05) is 11.8 Å². The molecule has 0 aliphatic carbocycles. The standard InChI is InChI=1S/C17H24N6O2S/c1-4-23-15(10-9-14(18)24)20-21-17(23)26-11-16(25)19-12-5-7-13(8-6-12)22(2)3/h5-8H,4,9-11H2,1-3H3,(H2,18,24)(H,19,25). The zero-order chi connectivity index (χ0) is 19.1. The van der Waals surface area contributed by atoms with Crippen LogP contribution in [0.3, 0.4) is 0 Å². The molecular weight excluding hydrogens is 352 g/mol. The van der Waals surface area contributed by atoms with Crippen LogP contribution in [0, 0.1) is 0 Å². The van der Waals surface area contributed by atoms with Gasteiger partial charge in [-0.2, -0.15) is 0 Å². The number of hydrogen-bond donors (Lipinski definition) is 2. The van der Waals surface area contributed by atoms with Crippen molar-refractivity contribution in [3.05, 3.63) is 30.1 Å². The molecule has 1 aromatic heterocycles. The summed E-state index contributed by atoms with van der Waals surface area (Å²) >= 11 is 1.32. The maximum absolute atomic E-state index is 12.2. The lowest BCUT2D eigenvalue weighted by atomic mass is 10.2. The van der Waals surface area contributed by atoms with Crippen molar-refractivity contribution in [2.24, 2.45) is 5.73 Å². The van der Waals surface area contributed by atoms with Crippen molar-refractivity contribution in [3.63, 3.8) is 0 Å². The van der Waals surface area contributed by atoms with Gasteiger partial charge in [0.1, 0.15) is 5.82 Å². The smallest absolute Gasteiger partial charge is 0.234 e. The molecule has 0 saturated heterocycles.